The number of hydrogen-bond acceptors (Lipinski definition) is 3. The number of aryl methyl sites for hydroxylation is 1. The molecule has 0 bridgehead atoms. The maximum Gasteiger partial charge on any atom is 0.258 e. The fourth-order valence-electron chi connectivity index (χ4n) is 2.27. The Morgan fingerprint density at radius 1 is 1.23 bits per heavy atom. The molecule has 0 aliphatic heterocycles. The summed E-state index contributed by atoms with van der Waals surface area (Å²) in [5, 5.41) is 9.81. The lowest BCUT2D eigenvalue weighted by Crippen LogP contribution is -2.16. The molecule has 110 valence electrons. The zero-order chi connectivity index (χ0) is 15.7. The Labute approximate surface area is 132 Å². The molecule has 5 heteroatoms. The first-order valence-electron chi connectivity index (χ1n) is 6.70. The van der Waals surface area contributed by atoms with Crippen LogP contribution in [-0.2, 0) is 0 Å². The Balaban J connectivity index is 2.12. The van der Waals surface area contributed by atoms with Crippen molar-refractivity contribution in [1.82, 2.24) is 9.38 Å². The van der Waals surface area contributed by atoms with Gasteiger partial charge in [-0.2, -0.15) is 0 Å². The minimum atomic E-state index is -0.180. The Kier molecular flexibility index (Phi) is 3.69. The van der Waals surface area contributed by atoms with E-state index in [2.05, 4.69) is 4.98 Å². The van der Waals surface area contributed by atoms with E-state index in [9.17, 15) is 9.90 Å². The van der Waals surface area contributed by atoms with Gasteiger partial charge in [0.2, 0.25) is 0 Å². The number of fused-ring (bicyclic) bond motifs is 1. The average molecular weight is 313 g/mol. The molecule has 0 spiro atoms. The molecule has 0 amide bonds. The fourth-order valence-corrected chi connectivity index (χ4v) is 2.49. The first kappa shape index (κ1) is 14.4. The number of phenols is 1. The van der Waals surface area contributed by atoms with Crippen LogP contribution in [-0.4, -0.2) is 14.5 Å². The van der Waals surface area contributed by atoms with Crippen molar-refractivity contribution in [2.75, 3.05) is 0 Å². The molecule has 0 radical (unpaired) electrons. The van der Waals surface area contributed by atoms with Gasteiger partial charge in [-0.1, -0.05) is 29.8 Å². The zero-order valence-corrected chi connectivity index (χ0v) is 12.6. The lowest BCUT2D eigenvalue weighted by atomic mass is 10.2. The van der Waals surface area contributed by atoms with E-state index < -0.39 is 0 Å². The number of phenolic OH excluding ortho intramolecular Hbond substituents is 1. The van der Waals surface area contributed by atoms with Crippen molar-refractivity contribution in [3.05, 3.63) is 75.8 Å². The molecule has 0 aliphatic rings. The molecule has 2 aromatic heterocycles. The highest BCUT2D eigenvalue weighted by molar-refractivity contribution is 6.51. The largest absolute Gasteiger partial charge is 0.508 e. The zero-order valence-electron chi connectivity index (χ0n) is 11.8. The summed E-state index contributed by atoms with van der Waals surface area (Å²) in [4.78, 5) is 16.6. The maximum atomic E-state index is 12.2. The van der Waals surface area contributed by atoms with Gasteiger partial charge in [0.25, 0.3) is 5.56 Å². The Morgan fingerprint density at radius 3 is 2.77 bits per heavy atom. The molecule has 1 N–H and O–H groups in total. The number of aromatic nitrogens is 2. The summed E-state index contributed by atoms with van der Waals surface area (Å²) in [5.74, 6) is 0.153. The van der Waals surface area contributed by atoms with E-state index in [0.717, 1.165) is 11.3 Å². The van der Waals surface area contributed by atoms with Crippen molar-refractivity contribution >= 4 is 28.4 Å². The number of rotatable bonds is 2. The number of hydrogen-bond donors (Lipinski definition) is 1. The van der Waals surface area contributed by atoms with Crippen molar-refractivity contribution in [3.8, 4) is 5.75 Å². The number of pyridine rings is 1. The van der Waals surface area contributed by atoms with Gasteiger partial charge in [0.15, 0.2) is 0 Å². The molecule has 0 unspecified atom stereocenters. The van der Waals surface area contributed by atoms with Gasteiger partial charge in [-0.15, -0.1) is 0 Å². The third kappa shape index (κ3) is 2.73. The average Bonchev–Trinajstić information content (AvgIpc) is 2.47. The van der Waals surface area contributed by atoms with Gasteiger partial charge < -0.3 is 5.11 Å². The van der Waals surface area contributed by atoms with Gasteiger partial charge in [-0.3, -0.25) is 9.20 Å². The van der Waals surface area contributed by atoms with Crippen LogP contribution in [0.2, 0.25) is 0 Å². The van der Waals surface area contributed by atoms with Gasteiger partial charge in [0.05, 0.1) is 10.7 Å². The van der Waals surface area contributed by atoms with Gasteiger partial charge in [0, 0.05) is 11.8 Å². The SMILES string of the molecule is Cc1cccc2nc(/C(Cl)=C/c3cccc(O)c3)cc(=O)n12. The predicted molar refractivity (Wildman–Crippen MR) is 88.0 cm³/mol. The lowest BCUT2D eigenvalue weighted by Gasteiger charge is -2.06. The topological polar surface area (TPSA) is 54.6 Å². The van der Waals surface area contributed by atoms with Crippen molar-refractivity contribution in [3.63, 3.8) is 0 Å². The first-order chi connectivity index (χ1) is 10.5. The molecule has 3 rings (SSSR count). The Morgan fingerprint density at radius 2 is 2.00 bits per heavy atom. The van der Waals surface area contributed by atoms with Crippen LogP contribution in [0.4, 0.5) is 0 Å². The van der Waals surface area contributed by atoms with E-state index in [0.29, 0.717) is 16.4 Å². The normalized spacial score (nSPS) is 11.8. The summed E-state index contributed by atoms with van der Waals surface area (Å²) in [6.07, 6.45) is 1.66. The van der Waals surface area contributed by atoms with Crippen LogP contribution >= 0.6 is 11.6 Å². The van der Waals surface area contributed by atoms with Crippen molar-refractivity contribution in [2.45, 2.75) is 6.92 Å². The van der Waals surface area contributed by atoms with E-state index in [1.165, 1.54) is 10.5 Å². The van der Waals surface area contributed by atoms with E-state index in [1.54, 1.807) is 36.4 Å². The van der Waals surface area contributed by atoms with Crippen LogP contribution in [0.5, 0.6) is 5.75 Å². The maximum absolute atomic E-state index is 12.2. The van der Waals surface area contributed by atoms with Gasteiger partial charge >= 0.3 is 0 Å². The third-order valence-corrected chi connectivity index (χ3v) is 3.59. The summed E-state index contributed by atoms with van der Waals surface area (Å²) in [6.45, 7) is 1.85. The van der Waals surface area contributed by atoms with E-state index in [4.69, 9.17) is 11.6 Å². The van der Waals surface area contributed by atoms with Crippen LogP contribution in [0.1, 0.15) is 17.0 Å². The molecule has 0 aliphatic carbocycles. The quantitative estimate of drug-likeness (QED) is 0.788. The highest BCUT2D eigenvalue weighted by atomic mass is 35.5. The molecular formula is C17H13ClN2O2. The lowest BCUT2D eigenvalue weighted by molar-refractivity contribution is 0.475. The van der Waals surface area contributed by atoms with Gasteiger partial charge in [-0.25, -0.2) is 4.98 Å². The molecule has 2 heterocycles. The summed E-state index contributed by atoms with van der Waals surface area (Å²) in [7, 11) is 0. The summed E-state index contributed by atoms with van der Waals surface area (Å²) in [6, 6.07) is 13.5. The van der Waals surface area contributed by atoms with Crippen LogP contribution in [0.25, 0.3) is 16.8 Å². The molecule has 4 nitrogen and oxygen atoms in total. The highest BCUT2D eigenvalue weighted by Crippen LogP contribution is 2.22. The van der Waals surface area contributed by atoms with E-state index >= 15 is 0 Å². The first-order valence-corrected chi connectivity index (χ1v) is 7.08. The van der Waals surface area contributed by atoms with E-state index in [1.807, 2.05) is 19.1 Å². The highest BCUT2D eigenvalue weighted by Gasteiger charge is 2.07. The monoisotopic (exact) mass is 312 g/mol. The van der Waals surface area contributed by atoms with Crippen molar-refractivity contribution < 1.29 is 5.11 Å². The molecule has 1 aromatic carbocycles. The molecule has 22 heavy (non-hydrogen) atoms. The van der Waals surface area contributed by atoms with Crippen LogP contribution in [0.3, 0.4) is 0 Å². The summed E-state index contributed by atoms with van der Waals surface area (Å²) >= 11 is 6.27. The number of benzene rings is 1. The molecule has 0 fully saturated rings. The second-order valence-corrected chi connectivity index (χ2v) is 5.33. The molecule has 3 aromatic rings. The Bertz CT molecular complexity index is 945. The summed E-state index contributed by atoms with van der Waals surface area (Å²) in [5.41, 5.74) is 2.32. The Hall–Kier alpha value is -2.59. The van der Waals surface area contributed by atoms with Crippen LogP contribution in [0.15, 0.2) is 53.3 Å². The number of halogens is 1. The third-order valence-electron chi connectivity index (χ3n) is 3.29. The number of aromatic hydroxyl groups is 1. The van der Waals surface area contributed by atoms with Gasteiger partial charge in [-0.05, 0) is 42.8 Å². The van der Waals surface area contributed by atoms with E-state index in [-0.39, 0.29) is 11.3 Å². The summed E-state index contributed by atoms with van der Waals surface area (Å²) < 4.78 is 1.53. The minimum Gasteiger partial charge on any atom is -0.508 e. The minimum absolute atomic E-state index is 0.153. The van der Waals surface area contributed by atoms with Gasteiger partial charge in [0.1, 0.15) is 11.4 Å². The van der Waals surface area contributed by atoms with Crippen molar-refractivity contribution in [2.24, 2.45) is 0 Å². The standard InChI is InChI=1S/C17H13ClN2O2/c1-11-4-2-7-16-19-15(10-17(22)20(11)16)14(18)9-12-5-3-6-13(21)8-12/h2-10,21H,1H3/b14-9-. The second kappa shape index (κ2) is 5.66. The predicted octanol–water partition coefficient (Wildman–Crippen LogP) is 3.45. The smallest absolute Gasteiger partial charge is 0.258 e. The van der Waals surface area contributed by atoms with Crippen molar-refractivity contribution in [1.29, 1.82) is 0 Å². The van der Waals surface area contributed by atoms with Crippen LogP contribution in [0, 0.1) is 6.92 Å². The molecule has 0 atom stereocenters. The number of nitrogens with zero attached hydrogens (tertiary/aromatic N) is 2. The second-order valence-electron chi connectivity index (χ2n) is 4.93. The fraction of sp³-hybridized carbons (Fsp3) is 0.0588. The molecule has 0 saturated heterocycles. The molecule has 0 saturated carbocycles. The molecular weight excluding hydrogens is 300 g/mol. The van der Waals surface area contributed by atoms with Crippen LogP contribution < -0.4 is 5.56 Å².